The molecule has 0 heterocycles. The zero-order chi connectivity index (χ0) is 13.2. The minimum atomic E-state index is -3.95. The lowest BCUT2D eigenvalue weighted by atomic mass is 10.3. The summed E-state index contributed by atoms with van der Waals surface area (Å²) in [4.78, 5) is 10.4. The van der Waals surface area contributed by atoms with E-state index in [0.29, 0.717) is 0 Å². The molecule has 0 unspecified atom stereocenters. The molecule has 0 spiro atoms. The maximum atomic E-state index is 12.8. The van der Waals surface area contributed by atoms with Gasteiger partial charge in [0.15, 0.2) is 0 Å². The van der Waals surface area contributed by atoms with Gasteiger partial charge in [-0.05, 0) is 18.2 Å². The molecule has 0 bridgehead atoms. The largest absolute Gasteiger partial charge is 0.369 e. The molecule has 1 aromatic rings. The molecule has 1 rings (SSSR count). The van der Waals surface area contributed by atoms with Crippen LogP contribution in [0.15, 0.2) is 23.1 Å². The van der Waals surface area contributed by atoms with Crippen LogP contribution < -0.4 is 5.73 Å². The van der Waals surface area contributed by atoms with E-state index in [-0.39, 0.29) is 9.92 Å². The third-order valence-corrected chi connectivity index (χ3v) is 4.25. The number of benzene rings is 1. The van der Waals surface area contributed by atoms with Gasteiger partial charge in [-0.1, -0.05) is 11.6 Å². The molecule has 0 fully saturated rings. The van der Waals surface area contributed by atoms with Gasteiger partial charge in [0, 0.05) is 7.05 Å². The van der Waals surface area contributed by atoms with Gasteiger partial charge in [0.1, 0.15) is 10.7 Å². The molecule has 0 saturated heterocycles. The lowest BCUT2D eigenvalue weighted by Crippen LogP contribution is -2.35. The molecule has 0 aliphatic carbocycles. The van der Waals surface area contributed by atoms with Crippen molar-refractivity contribution in [2.24, 2.45) is 5.73 Å². The molecule has 94 valence electrons. The summed E-state index contributed by atoms with van der Waals surface area (Å²) in [6.07, 6.45) is 0. The lowest BCUT2D eigenvalue weighted by molar-refractivity contribution is -0.118. The molecule has 0 saturated carbocycles. The topological polar surface area (TPSA) is 80.5 Å². The van der Waals surface area contributed by atoms with E-state index < -0.39 is 28.3 Å². The van der Waals surface area contributed by atoms with E-state index in [1.165, 1.54) is 7.05 Å². The summed E-state index contributed by atoms with van der Waals surface area (Å²) in [6, 6.07) is 2.88. The van der Waals surface area contributed by atoms with Crippen molar-refractivity contribution < 1.29 is 17.6 Å². The Kier molecular flexibility index (Phi) is 4.07. The summed E-state index contributed by atoms with van der Waals surface area (Å²) in [5, 5.41) is -0.249. The molecule has 8 heteroatoms. The first-order chi connectivity index (χ1) is 7.75. The Morgan fingerprint density at radius 1 is 1.53 bits per heavy atom. The van der Waals surface area contributed by atoms with Crippen molar-refractivity contribution >= 4 is 27.5 Å². The smallest absolute Gasteiger partial charge is 0.244 e. The standard InChI is InChI=1S/C9H10ClFN2O3S/c1-13(5-9(12)14)17(15,16)8-3-2-6(11)4-7(8)10/h2-4H,5H2,1H3,(H2,12,14). The fourth-order valence-electron chi connectivity index (χ4n) is 1.16. The van der Waals surface area contributed by atoms with Gasteiger partial charge in [-0.15, -0.1) is 0 Å². The SMILES string of the molecule is CN(CC(N)=O)S(=O)(=O)c1ccc(F)cc1Cl. The maximum absolute atomic E-state index is 12.8. The van der Waals surface area contributed by atoms with E-state index in [1.807, 2.05) is 0 Å². The van der Waals surface area contributed by atoms with Crippen LogP contribution in [0.5, 0.6) is 0 Å². The van der Waals surface area contributed by atoms with Gasteiger partial charge >= 0.3 is 0 Å². The van der Waals surface area contributed by atoms with Crippen molar-refractivity contribution in [3.8, 4) is 0 Å². The number of halogens is 2. The molecule has 17 heavy (non-hydrogen) atoms. The molecule has 1 aromatic carbocycles. The Labute approximate surface area is 103 Å². The van der Waals surface area contributed by atoms with E-state index in [4.69, 9.17) is 17.3 Å². The van der Waals surface area contributed by atoms with Crippen molar-refractivity contribution in [3.63, 3.8) is 0 Å². The molecule has 5 nitrogen and oxygen atoms in total. The highest BCUT2D eigenvalue weighted by molar-refractivity contribution is 7.89. The number of nitrogens with zero attached hydrogens (tertiary/aromatic N) is 1. The molecule has 0 atom stereocenters. The summed E-state index contributed by atoms with van der Waals surface area (Å²) in [6.45, 7) is -0.476. The van der Waals surface area contributed by atoms with Crippen LogP contribution in [-0.4, -0.2) is 32.2 Å². The monoisotopic (exact) mass is 280 g/mol. The summed E-state index contributed by atoms with van der Waals surface area (Å²) in [5.41, 5.74) is 4.89. The molecule has 0 aliphatic rings. The van der Waals surface area contributed by atoms with Crippen molar-refractivity contribution in [1.82, 2.24) is 4.31 Å². The Morgan fingerprint density at radius 2 is 2.12 bits per heavy atom. The Hall–Kier alpha value is -1.18. The number of nitrogens with two attached hydrogens (primary N) is 1. The summed E-state index contributed by atoms with van der Waals surface area (Å²) >= 11 is 5.63. The Morgan fingerprint density at radius 3 is 2.59 bits per heavy atom. The average Bonchev–Trinajstić information content (AvgIpc) is 2.15. The van der Waals surface area contributed by atoms with Crippen LogP contribution in [0.4, 0.5) is 4.39 Å². The second kappa shape index (κ2) is 4.99. The second-order valence-corrected chi connectivity index (χ2v) is 5.72. The number of amides is 1. The second-order valence-electron chi connectivity index (χ2n) is 3.30. The van der Waals surface area contributed by atoms with E-state index in [0.717, 1.165) is 22.5 Å². The zero-order valence-electron chi connectivity index (χ0n) is 8.85. The molecule has 2 N–H and O–H groups in total. The molecule has 0 aromatic heterocycles. The summed E-state index contributed by atoms with van der Waals surface area (Å²) in [5.74, 6) is -1.44. The summed E-state index contributed by atoms with van der Waals surface area (Å²) < 4.78 is 37.3. The fraction of sp³-hybridized carbons (Fsp3) is 0.222. The van der Waals surface area contributed by atoms with Gasteiger partial charge in [-0.3, -0.25) is 4.79 Å². The number of rotatable bonds is 4. The third-order valence-electron chi connectivity index (χ3n) is 1.96. The molecule has 0 aliphatic heterocycles. The molecule has 1 amide bonds. The van der Waals surface area contributed by atoms with Gasteiger partial charge in [0.2, 0.25) is 15.9 Å². The van der Waals surface area contributed by atoms with Crippen LogP contribution in [0, 0.1) is 5.82 Å². The predicted molar refractivity (Wildman–Crippen MR) is 60.4 cm³/mol. The Balaban J connectivity index is 3.17. The minimum Gasteiger partial charge on any atom is -0.369 e. The molecule has 0 radical (unpaired) electrons. The highest BCUT2D eigenvalue weighted by Crippen LogP contribution is 2.24. The lowest BCUT2D eigenvalue weighted by Gasteiger charge is -2.16. The van der Waals surface area contributed by atoms with Crippen LogP contribution in [0.3, 0.4) is 0 Å². The number of carbonyl (C=O) groups excluding carboxylic acids is 1. The summed E-state index contributed by atoms with van der Waals surface area (Å²) in [7, 11) is -2.77. The van der Waals surface area contributed by atoms with Crippen molar-refractivity contribution in [3.05, 3.63) is 29.0 Å². The first-order valence-electron chi connectivity index (χ1n) is 4.45. The van der Waals surface area contributed by atoms with E-state index in [9.17, 15) is 17.6 Å². The van der Waals surface area contributed by atoms with Gasteiger partial charge < -0.3 is 5.73 Å². The number of carbonyl (C=O) groups is 1. The first kappa shape index (κ1) is 13.9. The van der Waals surface area contributed by atoms with E-state index in [2.05, 4.69) is 0 Å². The van der Waals surface area contributed by atoms with Crippen molar-refractivity contribution in [2.75, 3.05) is 13.6 Å². The predicted octanol–water partition coefficient (Wildman–Crippen LogP) is 0.585. The number of hydrogen-bond donors (Lipinski definition) is 1. The number of hydrogen-bond acceptors (Lipinski definition) is 3. The van der Waals surface area contributed by atoms with Crippen LogP contribution in [0.25, 0.3) is 0 Å². The quantitative estimate of drug-likeness (QED) is 0.876. The fourth-order valence-corrected chi connectivity index (χ4v) is 2.79. The minimum absolute atomic E-state index is 0.249. The van der Waals surface area contributed by atoms with Gasteiger partial charge in [-0.2, -0.15) is 4.31 Å². The maximum Gasteiger partial charge on any atom is 0.244 e. The van der Waals surface area contributed by atoms with Crippen molar-refractivity contribution in [2.45, 2.75) is 4.90 Å². The number of sulfonamides is 1. The highest BCUT2D eigenvalue weighted by Gasteiger charge is 2.24. The number of primary amides is 1. The Bertz CT molecular complexity index is 547. The highest BCUT2D eigenvalue weighted by atomic mass is 35.5. The van der Waals surface area contributed by atoms with Crippen molar-refractivity contribution in [1.29, 1.82) is 0 Å². The van der Waals surface area contributed by atoms with Crippen LogP contribution in [0.1, 0.15) is 0 Å². The van der Waals surface area contributed by atoms with Gasteiger partial charge in [0.25, 0.3) is 0 Å². The van der Waals surface area contributed by atoms with Crippen LogP contribution >= 0.6 is 11.6 Å². The number of likely N-dealkylation sites (N-methyl/N-ethyl adjacent to an activating group) is 1. The van der Waals surface area contributed by atoms with Gasteiger partial charge in [-0.25, -0.2) is 12.8 Å². The van der Waals surface area contributed by atoms with Gasteiger partial charge in [0.05, 0.1) is 11.6 Å². The van der Waals surface area contributed by atoms with Crippen LogP contribution in [0.2, 0.25) is 5.02 Å². The van der Waals surface area contributed by atoms with E-state index in [1.54, 1.807) is 0 Å². The van der Waals surface area contributed by atoms with E-state index >= 15 is 0 Å². The average molecular weight is 281 g/mol. The zero-order valence-corrected chi connectivity index (χ0v) is 10.4. The van der Waals surface area contributed by atoms with Crippen LogP contribution in [-0.2, 0) is 14.8 Å². The molecular formula is C9H10ClFN2O3S. The normalized spacial score (nSPS) is 11.8. The third kappa shape index (κ3) is 3.15. The first-order valence-corrected chi connectivity index (χ1v) is 6.26. The molecular weight excluding hydrogens is 271 g/mol.